The molecule has 2 N–H and O–H groups in total. The molecule has 0 spiro atoms. The van der Waals surface area contributed by atoms with Crippen molar-refractivity contribution in [3.8, 4) is 11.5 Å². The maximum atomic E-state index is 13.0. The third kappa shape index (κ3) is 4.67. The zero-order valence-electron chi connectivity index (χ0n) is 18.2. The van der Waals surface area contributed by atoms with Crippen LogP contribution in [0.15, 0.2) is 89.8 Å². The van der Waals surface area contributed by atoms with Gasteiger partial charge in [0.2, 0.25) is 0 Å². The number of rotatable bonds is 5. The lowest BCUT2D eigenvalue weighted by atomic mass is 10.1. The normalized spacial score (nSPS) is 13.2. The standard InChI is InChI=1S/C26H22N2O5S/c29-26(27-21-10-9-18-5-1-2-6-19(18)15-21)20-7-3-8-22(16-20)28-34(30,31)23-11-12-24-25(17-23)33-14-4-13-32-24/h1-3,5-12,15-17,28H,4,13-14H2,(H,27,29). The van der Waals surface area contributed by atoms with Gasteiger partial charge in [-0.3, -0.25) is 9.52 Å². The number of hydrogen-bond donors (Lipinski definition) is 2. The molecule has 0 bridgehead atoms. The second-order valence-electron chi connectivity index (χ2n) is 7.86. The van der Waals surface area contributed by atoms with Crippen LogP contribution in [-0.2, 0) is 10.0 Å². The number of nitrogens with one attached hydrogen (secondary N) is 2. The molecule has 1 aliphatic heterocycles. The summed E-state index contributed by atoms with van der Waals surface area (Å²) in [7, 11) is -3.90. The predicted molar refractivity (Wildman–Crippen MR) is 131 cm³/mol. The predicted octanol–water partition coefficient (Wildman–Crippen LogP) is 5.05. The van der Waals surface area contributed by atoms with E-state index in [2.05, 4.69) is 10.0 Å². The molecule has 34 heavy (non-hydrogen) atoms. The third-order valence-electron chi connectivity index (χ3n) is 5.41. The van der Waals surface area contributed by atoms with Gasteiger partial charge in [-0.25, -0.2) is 8.42 Å². The number of carbonyl (C=O) groups excluding carboxylic acids is 1. The number of anilines is 2. The summed E-state index contributed by atoms with van der Waals surface area (Å²) in [4.78, 5) is 12.9. The first-order valence-corrected chi connectivity index (χ1v) is 12.3. The first-order chi connectivity index (χ1) is 16.5. The monoisotopic (exact) mass is 474 g/mol. The molecule has 0 saturated carbocycles. The van der Waals surface area contributed by atoms with E-state index >= 15 is 0 Å². The van der Waals surface area contributed by atoms with Gasteiger partial charge in [0.05, 0.1) is 18.1 Å². The maximum absolute atomic E-state index is 13.0. The highest BCUT2D eigenvalue weighted by molar-refractivity contribution is 7.92. The minimum atomic E-state index is -3.90. The lowest BCUT2D eigenvalue weighted by molar-refractivity contribution is 0.102. The van der Waals surface area contributed by atoms with Crippen LogP contribution in [0.1, 0.15) is 16.8 Å². The Balaban J connectivity index is 1.34. The van der Waals surface area contributed by atoms with Crippen LogP contribution >= 0.6 is 0 Å². The zero-order chi connectivity index (χ0) is 23.5. The zero-order valence-corrected chi connectivity index (χ0v) is 19.0. The smallest absolute Gasteiger partial charge is 0.262 e. The molecule has 0 unspecified atom stereocenters. The van der Waals surface area contributed by atoms with Crippen LogP contribution < -0.4 is 19.5 Å². The molecule has 0 atom stereocenters. The summed E-state index contributed by atoms with van der Waals surface area (Å²) < 4.78 is 39.6. The van der Waals surface area contributed by atoms with E-state index in [1.54, 1.807) is 24.3 Å². The lowest BCUT2D eigenvalue weighted by Crippen LogP contribution is -2.15. The Morgan fingerprint density at radius 3 is 2.38 bits per heavy atom. The summed E-state index contributed by atoms with van der Waals surface area (Å²) in [5, 5.41) is 4.95. The Hall–Kier alpha value is -4.04. The SMILES string of the molecule is O=C(Nc1ccc2ccccc2c1)c1cccc(NS(=O)(=O)c2ccc3c(c2)OCCCO3)c1. The van der Waals surface area contributed by atoms with Crippen molar-refractivity contribution in [2.75, 3.05) is 23.3 Å². The van der Waals surface area contributed by atoms with Crippen LogP contribution in [0.4, 0.5) is 11.4 Å². The van der Waals surface area contributed by atoms with Gasteiger partial charge in [-0.15, -0.1) is 0 Å². The number of sulfonamides is 1. The summed E-state index contributed by atoms with van der Waals surface area (Å²) in [6, 6.07) is 24.4. The summed E-state index contributed by atoms with van der Waals surface area (Å²) in [6.45, 7) is 0.976. The van der Waals surface area contributed by atoms with Crippen molar-refractivity contribution in [3.63, 3.8) is 0 Å². The molecule has 0 saturated heterocycles. The molecule has 4 aromatic rings. The maximum Gasteiger partial charge on any atom is 0.262 e. The van der Waals surface area contributed by atoms with Crippen molar-refractivity contribution >= 4 is 38.1 Å². The van der Waals surface area contributed by atoms with Crippen molar-refractivity contribution < 1.29 is 22.7 Å². The Kier molecular flexibility index (Phi) is 5.81. The van der Waals surface area contributed by atoms with Crippen molar-refractivity contribution in [2.24, 2.45) is 0 Å². The molecule has 0 aliphatic carbocycles. The molecule has 1 amide bonds. The van der Waals surface area contributed by atoms with Gasteiger partial charge in [-0.1, -0.05) is 36.4 Å². The van der Waals surface area contributed by atoms with Crippen LogP contribution in [0, 0.1) is 0 Å². The molecule has 0 radical (unpaired) electrons. The van der Waals surface area contributed by atoms with Crippen molar-refractivity contribution in [1.82, 2.24) is 0 Å². The average molecular weight is 475 g/mol. The van der Waals surface area contributed by atoms with Gasteiger partial charge in [0.1, 0.15) is 0 Å². The van der Waals surface area contributed by atoms with E-state index in [0.717, 1.165) is 17.2 Å². The molecule has 5 rings (SSSR count). The molecule has 172 valence electrons. The minimum Gasteiger partial charge on any atom is -0.490 e. The summed E-state index contributed by atoms with van der Waals surface area (Å²) >= 11 is 0. The Bertz CT molecular complexity index is 1480. The summed E-state index contributed by atoms with van der Waals surface area (Å²) in [5.41, 5.74) is 1.26. The number of benzene rings is 4. The minimum absolute atomic E-state index is 0.0442. The second-order valence-corrected chi connectivity index (χ2v) is 9.54. The molecule has 0 fully saturated rings. The molecule has 7 nitrogen and oxygen atoms in total. The molecule has 1 heterocycles. The quantitative estimate of drug-likeness (QED) is 0.422. The average Bonchev–Trinajstić information content (AvgIpc) is 3.09. The Morgan fingerprint density at radius 2 is 1.53 bits per heavy atom. The fourth-order valence-corrected chi connectivity index (χ4v) is 4.78. The van der Waals surface area contributed by atoms with E-state index in [-0.39, 0.29) is 16.5 Å². The van der Waals surface area contributed by atoms with E-state index in [1.807, 2.05) is 42.5 Å². The largest absolute Gasteiger partial charge is 0.490 e. The van der Waals surface area contributed by atoms with Crippen LogP contribution in [0.3, 0.4) is 0 Å². The fourth-order valence-electron chi connectivity index (χ4n) is 3.72. The number of carbonyl (C=O) groups is 1. The van der Waals surface area contributed by atoms with Gasteiger partial charge in [-0.2, -0.15) is 0 Å². The number of amides is 1. The van der Waals surface area contributed by atoms with Crippen LogP contribution in [0.2, 0.25) is 0 Å². The number of hydrogen-bond acceptors (Lipinski definition) is 5. The van der Waals surface area contributed by atoms with Gasteiger partial charge >= 0.3 is 0 Å². The van der Waals surface area contributed by atoms with Crippen molar-refractivity contribution in [1.29, 1.82) is 0 Å². The Morgan fingerprint density at radius 1 is 0.735 bits per heavy atom. The molecule has 0 aromatic heterocycles. The van der Waals surface area contributed by atoms with Crippen molar-refractivity contribution in [2.45, 2.75) is 11.3 Å². The van der Waals surface area contributed by atoms with Gasteiger partial charge in [0.25, 0.3) is 15.9 Å². The number of ether oxygens (including phenoxy) is 2. The third-order valence-corrected chi connectivity index (χ3v) is 6.79. The summed E-state index contributed by atoms with van der Waals surface area (Å²) in [5.74, 6) is 0.569. The van der Waals surface area contributed by atoms with Crippen LogP contribution in [-0.4, -0.2) is 27.5 Å². The highest BCUT2D eigenvalue weighted by Crippen LogP contribution is 2.32. The van der Waals surface area contributed by atoms with E-state index in [9.17, 15) is 13.2 Å². The van der Waals surface area contributed by atoms with E-state index in [0.29, 0.717) is 36.0 Å². The molecule has 1 aliphatic rings. The Labute approximate surface area is 197 Å². The highest BCUT2D eigenvalue weighted by atomic mass is 32.2. The van der Waals surface area contributed by atoms with E-state index in [4.69, 9.17) is 9.47 Å². The van der Waals surface area contributed by atoms with E-state index < -0.39 is 10.0 Å². The first-order valence-electron chi connectivity index (χ1n) is 10.8. The van der Waals surface area contributed by atoms with E-state index in [1.165, 1.54) is 18.2 Å². The molecular formula is C26H22N2O5S. The molecule has 4 aromatic carbocycles. The van der Waals surface area contributed by atoms with Crippen LogP contribution in [0.25, 0.3) is 10.8 Å². The van der Waals surface area contributed by atoms with Gasteiger partial charge in [0.15, 0.2) is 11.5 Å². The summed E-state index contributed by atoms with van der Waals surface area (Å²) in [6.07, 6.45) is 0.725. The second kappa shape index (κ2) is 9.07. The molecule has 8 heteroatoms. The topological polar surface area (TPSA) is 93.7 Å². The van der Waals surface area contributed by atoms with Gasteiger partial charge < -0.3 is 14.8 Å². The molecular weight excluding hydrogens is 452 g/mol. The lowest BCUT2D eigenvalue weighted by Gasteiger charge is -2.12. The van der Waals surface area contributed by atoms with Crippen molar-refractivity contribution in [3.05, 3.63) is 90.5 Å². The van der Waals surface area contributed by atoms with Gasteiger partial charge in [-0.05, 0) is 53.2 Å². The first kappa shape index (κ1) is 21.8. The fraction of sp³-hybridized carbons (Fsp3) is 0.115. The van der Waals surface area contributed by atoms with Gasteiger partial charge in [0, 0.05) is 29.4 Å². The van der Waals surface area contributed by atoms with Crippen LogP contribution in [0.5, 0.6) is 11.5 Å². The number of fused-ring (bicyclic) bond motifs is 2. The highest BCUT2D eigenvalue weighted by Gasteiger charge is 2.19.